The molecule has 2 amide bonds. The van der Waals surface area contributed by atoms with Crippen LogP contribution in [0.4, 0.5) is 32.8 Å². The van der Waals surface area contributed by atoms with Crippen LogP contribution in [-0.2, 0) is 54.7 Å². The van der Waals surface area contributed by atoms with Crippen LogP contribution in [-0.4, -0.2) is 150 Å². The van der Waals surface area contributed by atoms with Crippen molar-refractivity contribution in [1.82, 2.24) is 39.1 Å². The Morgan fingerprint density at radius 3 is 1.26 bits per heavy atom. The van der Waals surface area contributed by atoms with Gasteiger partial charge in [0.2, 0.25) is 18.6 Å². The van der Waals surface area contributed by atoms with E-state index in [-0.39, 0.29) is 18.1 Å². The Morgan fingerprint density at radius 1 is 0.496 bits per heavy atom. The van der Waals surface area contributed by atoms with Crippen LogP contribution in [0.3, 0.4) is 0 Å². The molecule has 0 aliphatic carbocycles. The monoisotopic (exact) mass is 1650 g/mol. The van der Waals surface area contributed by atoms with Gasteiger partial charge in [-0.05, 0) is 85.8 Å². The second kappa shape index (κ2) is 51.5. The van der Waals surface area contributed by atoms with E-state index >= 15 is 0 Å². The summed E-state index contributed by atoms with van der Waals surface area (Å²) in [6.07, 6.45) is 1.84. The second-order valence-corrected chi connectivity index (χ2v) is 26.3. The molecule has 0 saturated carbocycles. The molecule has 25 nitrogen and oxygen atoms in total. The van der Waals surface area contributed by atoms with Crippen LogP contribution < -0.4 is 51.1 Å². The Kier molecular flexibility index (Phi) is 41.2. The van der Waals surface area contributed by atoms with Gasteiger partial charge in [0.15, 0.2) is 0 Å². The molecule has 2 saturated heterocycles. The Labute approximate surface area is 698 Å². The molecule has 2 fully saturated rings. The van der Waals surface area contributed by atoms with Gasteiger partial charge in [-0.25, -0.2) is 9.97 Å². The summed E-state index contributed by atoms with van der Waals surface area (Å²) < 4.78 is 43.4. The molecule has 10 aromatic carbocycles. The van der Waals surface area contributed by atoms with Crippen LogP contribution in [0.15, 0.2) is 255 Å². The maximum atomic E-state index is 12.4. The number of nitrogens with zero attached hydrogens (tertiary/aromatic N) is 9. The fourth-order valence-corrected chi connectivity index (χ4v) is 12.0. The number of nitrogens with one attached hydrogen (secondary N) is 3. The van der Waals surface area contributed by atoms with E-state index in [2.05, 4.69) is 77.9 Å². The number of anilines is 3. The van der Waals surface area contributed by atoms with E-state index in [9.17, 15) is 34.2 Å². The highest BCUT2D eigenvalue weighted by Crippen LogP contribution is 2.29. The van der Waals surface area contributed by atoms with E-state index in [4.69, 9.17) is 63.3 Å². The number of piperazine rings is 2. The number of fused-ring (bicyclic) bond motifs is 2. The molecule has 2 aromatic heterocycles. The van der Waals surface area contributed by atoms with Gasteiger partial charge in [-0.1, -0.05) is 164 Å². The number of imidazole rings is 2. The maximum Gasteiger partial charge on any atom is 0.304 e. The third kappa shape index (κ3) is 29.8. The molecule has 12 aromatic rings. The van der Waals surface area contributed by atoms with Gasteiger partial charge in [0.05, 0.1) is 104 Å². The highest BCUT2D eigenvalue weighted by molar-refractivity contribution is 6.19. The molecule has 0 bridgehead atoms. The number of aromatic nitrogens is 4. The van der Waals surface area contributed by atoms with Crippen molar-refractivity contribution in [3.8, 4) is 28.7 Å². The number of amides is 2. The molecule has 7 N–H and O–H groups in total. The molecule has 29 heteroatoms. The highest BCUT2D eigenvalue weighted by atomic mass is 35.5. The third-order valence-electron chi connectivity index (χ3n) is 17.9. The van der Waals surface area contributed by atoms with Crippen molar-refractivity contribution in [2.75, 3.05) is 110 Å². The van der Waals surface area contributed by atoms with Gasteiger partial charge in [-0.15, -0.1) is 35.6 Å². The highest BCUT2D eigenvalue weighted by Gasteiger charge is 2.21. The summed E-state index contributed by atoms with van der Waals surface area (Å²) in [6.45, 7) is 16.2. The molecule has 618 valence electrons. The lowest BCUT2D eigenvalue weighted by Crippen LogP contribution is -2.45. The zero-order valence-corrected chi connectivity index (χ0v) is 68.8. The number of alkyl halides is 2. The number of allylic oxidation sites excluding steroid dienone is 1. The molecule has 0 spiro atoms. The molecular weight excluding hydrogens is 1550 g/mol. The molecular formula is C88H102Cl3FN14O11. The van der Waals surface area contributed by atoms with Crippen molar-refractivity contribution in [2.45, 2.75) is 52.1 Å². The first-order chi connectivity index (χ1) is 56.4. The largest absolute Gasteiger partial charge is 0.496 e. The average Bonchev–Trinajstić information content (AvgIpc) is 1.69. The number of carbonyl (C=O) groups excluding carboxylic acids is 2. The predicted molar refractivity (Wildman–Crippen MR) is 468 cm³/mol. The lowest BCUT2D eigenvalue weighted by Gasteiger charge is -2.32. The van der Waals surface area contributed by atoms with Gasteiger partial charge in [0.1, 0.15) is 46.1 Å². The number of rotatable bonds is 24. The lowest BCUT2D eigenvalue weighted by molar-refractivity contribution is -0.387. The summed E-state index contributed by atoms with van der Waals surface area (Å²) in [7, 11) is 8.32. The van der Waals surface area contributed by atoms with Gasteiger partial charge in [-0.2, -0.15) is 4.39 Å². The van der Waals surface area contributed by atoms with Crippen LogP contribution in [0.5, 0.6) is 28.7 Å². The van der Waals surface area contributed by atoms with E-state index in [0.717, 1.165) is 191 Å². The van der Waals surface area contributed by atoms with Crippen LogP contribution in [0.1, 0.15) is 46.4 Å². The van der Waals surface area contributed by atoms with Crippen molar-refractivity contribution in [2.24, 2.45) is 5.73 Å². The number of nitrogen functional groups attached to an aromatic ring is 1. The van der Waals surface area contributed by atoms with E-state index in [0.29, 0.717) is 50.2 Å². The number of benzene rings is 10. The zero-order valence-electron chi connectivity index (χ0n) is 66.5. The van der Waals surface area contributed by atoms with Gasteiger partial charge in [-0.3, -0.25) is 34.7 Å². The molecule has 0 radical (unpaired) electrons. The minimum absolute atomic E-state index is 0. The van der Waals surface area contributed by atoms with Gasteiger partial charge < -0.3 is 70.0 Å². The Hall–Kier alpha value is -12.3. The molecule has 0 unspecified atom stereocenters. The van der Waals surface area contributed by atoms with Crippen molar-refractivity contribution in [1.29, 1.82) is 0 Å². The first-order valence-corrected chi connectivity index (χ1v) is 38.2. The first-order valence-electron chi connectivity index (χ1n) is 37.2. The summed E-state index contributed by atoms with van der Waals surface area (Å²) in [5, 5.41) is 30.4. The zero-order chi connectivity index (χ0) is 83.4. The van der Waals surface area contributed by atoms with Crippen LogP contribution in [0, 0.1) is 26.0 Å². The third-order valence-corrected chi connectivity index (χ3v) is 18.6. The van der Waals surface area contributed by atoms with E-state index < -0.39 is 21.4 Å². The van der Waals surface area contributed by atoms with Crippen molar-refractivity contribution < 1.29 is 47.5 Å². The fraction of sp³-hybridized carbons (Fsp3) is 0.250. The molecule has 2 aliphatic rings. The number of nitro groups is 2. The fourth-order valence-electron chi connectivity index (χ4n) is 11.8. The minimum atomic E-state index is -0.799. The topological polar surface area (TPSA) is 300 Å². The molecule has 2 aliphatic heterocycles. The molecule has 0 atom stereocenters. The smallest absolute Gasteiger partial charge is 0.304 e. The maximum absolute atomic E-state index is 12.4. The summed E-state index contributed by atoms with van der Waals surface area (Å²) in [6, 6.07) is 75.0. The van der Waals surface area contributed by atoms with Crippen molar-refractivity contribution >= 4 is 98.9 Å². The van der Waals surface area contributed by atoms with Gasteiger partial charge >= 0.3 is 5.69 Å². The number of carbonyl (C=O) groups is 2. The average molecular weight is 1660 g/mol. The van der Waals surface area contributed by atoms with Crippen molar-refractivity contribution in [3.05, 3.63) is 320 Å². The second-order valence-electron chi connectivity index (χ2n) is 25.8. The summed E-state index contributed by atoms with van der Waals surface area (Å²) >= 11 is 11.3. The lowest BCUT2D eigenvalue weighted by atomic mass is 10.2. The Morgan fingerprint density at radius 2 is 0.855 bits per heavy atom. The predicted octanol–water partition coefficient (Wildman–Crippen LogP) is 16.5. The molecule has 4 heterocycles. The number of hydrogen-bond donors (Lipinski definition) is 5. The quantitative estimate of drug-likeness (QED) is 0.00937. The van der Waals surface area contributed by atoms with Crippen molar-refractivity contribution in [3.63, 3.8) is 0 Å². The van der Waals surface area contributed by atoms with Gasteiger partial charge in [0.25, 0.3) is 5.69 Å². The number of ether oxygens (including phenoxy) is 5. The number of para-hydroxylation sites is 14. The summed E-state index contributed by atoms with van der Waals surface area (Å²) in [5.41, 5.74) is 23.7. The number of halogens is 4. The Balaban J connectivity index is 0.000000216. The van der Waals surface area contributed by atoms with E-state index in [1.807, 2.05) is 170 Å². The number of nitrogens with two attached hydrogens (primary N) is 2. The van der Waals surface area contributed by atoms with Crippen LogP contribution >= 0.6 is 35.6 Å². The summed E-state index contributed by atoms with van der Waals surface area (Å²) in [4.78, 5) is 56.2. The van der Waals surface area contributed by atoms with Gasteiger partial charge in [0, 0.05) is 118 Å². The Bertz CT molecular complexity index is 5000. The minimum Gasteiger partial charge on any atom is -0.496 e. The van der Waals surface area contributed by atoms with E-state index in [1.54, 1.807) is 58.6 Å². The molecule has 117 heavy (non-hydrogen) atoms. The number of hydrogen-bond acceptors (Lipinski definition) is 19. The van der Waals surface area contributed by atoms with Crippen LogP contribution in [0.2, 0.25) is 0 Å². The van der Waals surface area contributed by atoms with Crippen LogP contribution in [0.25, 0.3) is 22.1 Å². The number of methoxy groups -OCH3 is 5. The standard InChI is InChI=1S/C21H24N4O2.C16H15ClN2O.C14H14N2O3.C14H16N2O.C8H11NO.C6H4FNO2.C5H10N2O.C4H7Cl.ClH/c1-27-20-9-5-2-6-17(20)14-25-19-8-4-3-7-18(19)22-21(25)15-23-10-12-24(16-26)13-11-23;1-20-15-9-5-2-6-12(15)11-19-14-8-4-3-7-13(14)18-16(19)10-17;1-19-14-9-5-2-6-11(14)10-15-12-7-3-4-8-13(12)16(17)18;1-17-14-9-5-2-6-11(14)10-16-13-8-4-3-7-12(13)15;1-10-8-5-3-2-4-7(8)6-9;7-5-3-1-2-4-6(5)8(9)10;8-5-7-3-1-6-2-4-7;1-4(2)3-5;/h2-9,16H,10-15H2,1H3;2-9H,10-11H2,1H3;2-9,15H,10H2,1H3;2-9,16H,10,15H2,1H3;2-5H,6,9H2,1H3;1-4H;5-6H,1-4H2;1,3H2,2H3;1H. The first kappa shape index (κ1) is 93.6. The normalized spacial score (nSPS) is 11.8. The SMILES string of the molecule is C=C(C)CCl.COc1ccccc1CN.COc1ccccc1CNc1ccccc1N.COc1ccccc1CNc1ccccc1[N+](=O)[O-].COc1ccccc1Cn1c(CCl)nc2ccccc21.COc1ccccc1Cn1c(CN2CCN(C=O)CC2)nc2ccccc21.Cl.O=CN1CCNCC1.O=[N+]([O-])c1ccccc1F. The van der Waals surface area contributed by atoms with E-state index in [1.165, 1.54) is 18.2 Å². The summed E-state index contributed by atoms with van der Waals surface area (Å²) in [5.74, 6) is 6.37. The number of nitro benzene ring substituents is 2. The molecule has 14 rings (SSSR count).